The highest BCUT2D eigenvalue weighted by Gasteiger charge is 2.51. The summed E-state index contributed by atoms with van der Waals surface area (Å²) in [7, 11) is 1.86. The monoisotopic (exact) mass is 492 g/mol. The summed E-state index contributed by atoms with van der Waals surface area (Å²) in [6.07, 6.45) is 0. The third-order valence-corrected chi connectivity index (χ3v) is 8.24. The van der Waals surface area contributed by atoms with Gasteiger partial charge in [-0.3, -0.25) is 4.79 Å². The number of hydrogen-bond acceptors (Lipinski definition) is 3. The van der Waals surface area contributed by atoms with Crippen LogP contribution in [0.1, 0.15) is 38.2 Å². The van der Waals surface area contributed by atoms with E-state index < -0.39 is 5.41 Å². The Kier molecular flexibility index (Phi) is 4.25. The molecule has 3 aliphatic rings. The largest absolute Gasteiger partial charge is 0.457 e. The molecule has 0 aromatic heterocycles. The molecule has 0 fully saturated rings. The maximum atomic E-state index is 12.9. The SMILES string of the molecule is CN1Cc2ccc(N3c4ccccc4C4(c5ccccc5Oc5ccccc54)c4ccccc43)cc2C1=O. The number of carbonyl (C=O) groups is 1. The summed E-state index contributed by atoms with van der Waals surface area (Å²) >= 11 is 0. The first-order valence-corrected chi connectivity index (χ1v) is 12.9. The van der Waals surface area contributed by atoms with Crippen LogP contribution in [0, 0.1) is 0 Å². The molecular formula is C34H24N2O2. The summed E-state index contributed by atoms with van der Waals surface area (Å²) in [6.45, 7) is 0.651. The molecule has 0 bridgehead atoms. The Morgan fingerprint density at radius 2 is 1.18 bits per heavy atom. The number of ether oxygens (including phenoxy) is 1. The van der Waals surface area contributed by atoms with Gasteiger partial charge in [0, 0.05) is 36.0 Å². The Morgan fingerprint density at radius 3 is 1.79 bits per heavy atom. The second kappa shape index (κ2) is 7.59. The van der Waals surface area contributed by atoms with Crippen LogP contribution in [0.25, 0.3) is 0 Å². The van der Waals surface area contributed by atoms with Crippen LogP contribution in [0.5, 0.6) is 11.5 Å². The summed E-state index contributed by atoms with van der Waals surface area (Å²) in [5, 5.41) is 0. The number of anilines is 3. The molecule has 0 aliphatic carbocycles. The zero-order valence-electron chi connectivity index (χ0n) is 20.9. The minimum Gasteiger partial charge on any atom is -0.457 e. The Balaban J connectivity index is 1.47. The lowest BCUT2D eigenvalue weighted by molar-refractivity contribution is 0.0816. The number of hydrogen-bond donors (Lipinski definition) is 0. The number of nitrogens with zero attached hydrogens (tertiary/aromatic N) is 2. The Hall–Kier alpha value is -4.83. The van der Waals surface area contributed by atoms with Gasteiger partial charge in [0.2, 0.25) is 0 Å². The van der Waals surface area contributed by atoms with Gasteiger partial charge in [0.25, 0.3) is 5.91 Å². The van der Waals surface area contributed by atoms with E-state index in [0.29, 0.717) is 6.54 Å². The third-order valence-electron chi connectivity index (χ3n) is 8.24. The summed E-state index contributed by atoms with van der Waals surface area (Å²) < 4.78 is 6.46. The fourth-order valence-electron chi connectivity index (χ4n) is 6.67. The van der Waals surface area contributed by atoms with E-state index in [4.69, 9.17) is 4.74 Å². The third kappa shape index (κ3) is 2.61. The van der Waals surface area contributed by atoms with Crippen molar-refractivity contribution in [3.63, 3.8) is 0 Å². The summed E-state index contributed by atoms with van der Waals surface area (Å²) in [4.78, 5) is 17.0. The lowest BCUT2D eigenvalue weighted by Gasteiger charge is -2.48. The van der Waals surface area contributed by atoms with Crippen molar-refractivity contribution < 1.29 is 9.53 Å². The van der Waals surface area contributed by atoms with Crippen LogP contribution in [0.2, 0.25) is 0 Å². The van der Waals surface area contributed by atoms with Crippen LogP contribution in [-0.4, -0.2) is 17.9 Å². The quantitative estimate of drug-likeness (QED) is 0.237. The molecule has 38 heavy (non-hydrogen) atoms. The van der Waals surface area contributed by atoms with Gasteiger partial charge in [-0.1, -0.05) is 78.9 Å². The zero-order valence-corrected chi connectivity index (χ0v) is 20.9. The van der Waals surface area contributed by atoms with Gasteiger partial charge in [-0.15, -0.1) is 0 Å². The molecule has 0 radical (unpaired) electrons. The van der Waals surface area contributed by atoms with Crippen molar-refractivity contribution in [1.82, 2.24) is 4.90 Å². The van der Waals surface area contributed by atoms with Crippen LogP contribution in [0.15, 0.2) is 115 Å². The number of carbonyl (C=O) groups excluding carboxylic acids is 1. The van der Waals surface area contributed by atoms with Gasteiger partial charge in [0.15, 0.2) is 0 Å². The molecule has 8 rings (SSSR count). The van der Waals surface area contributed by atoms with Crippen molar-refractivity contribution in [2.24, 2.45) is 0 Å². The Morgan fingerprint density at radius 1 is 0.658 bits per heavy atom. The van der Waals surface area contributed by atoms with E-state index >= 15 is 0 Å². The Bertz CT molecular complexity index is 1690. The summed E-state index contributed by atoms with van der Waals surface area (Å²) in [6, 6.07) is 40.3. The van der Waals surface area contributed by atoms with Crippen molar-refractivity contribution in [2.45, 2.75) is 12.0 Å². The van der Waals surface area contributed by atoms with Crippen LogP contribution in [-0.2, 0) is 12.0 Å². The normalized spacial score (nSPS) is 15.8. The van der Waals surface area contributed by atoms with Gasteiger partial charge in [-0.2, -0.15) is 0 Å². The minimum absolute atomic E-state index is 0.0733. The highest BCUT2D eigenvalue weighted by Crippen LogP contribution is 2.62. The maximum absolute atomic E-state index is 12.9. The predicted octanol–water partition coefficient (Wildman–Crippen LogP) is 7.54. The zero-order chi connectivity index (χ0) is 25.4. The van der Waals surface area contributed by atoms with Gasteiger partial charge in [-0.05, 0) is 53.1 Å². The summed E-state index contributed by atoms with van der Waals surface area (Å²) in [5.74, 6) is 1.81. The van der Waals surface area contributed by atoms with Crippen molar-refractivity contribution in [3.8, 4) is 11.5 Å². The Labute approximate surface area is 221 Å². The first kappa shape index (κ1) is 21.3. The molecule has 1 amide bonds. The fourth-order valence-corrected chi connectivity index (χ4v) is 6.67. The van der Waals surface area contributed by atoms with E-state index in [1.54, 1.807) is 4.90 Å². The van der Waals surface area contributed by atoms with E-state index in [2.05, 4.69) is 108 Å². The molecule has 3 heterocycles. The average molecular weight is 493 g/mol. The topological polar surface area (TPSA) is 32.8 Å². The van der Waals surface area contributed by atoms with Crippen molar-refractivity contribution in [1.29, 1.82) is 0 Å². The average Bonchev–Trinajstić information content (AvgIpc) is 3.25. The minimum atomic E-state index is -0.554. The van der Waals surface area contributed by atoms with Gasteiger partial charge < -0.3 is 14.5 Å². The molecule has 4 nitrogen and oxygen atoms in total. The first-order chi connectivity index (χ1) is 18.7. The van der Waals surface area contributed by atoms with Gasteiger partial charge >= 0.3 is 0 Å². The molecule has 0 saturated heterocycles. The highest BCUT2D eigenvalue weighted by molar-refractivity contribution is 6.00. The molecule has 4 heteroatoms. The molecule has 3 aliphatic heterocycles. The van der Waals surface area contributed by atoms with Crippen LogP contribution in [0.4, 0.5) is 17.1 Å². The molecule has 0 atom stereocenters. The second-order valence-electron chi connectivity index (χ2n) is 10.2. The lowest BCUT2D eigenvalue weighted by atomic mass is 9.61. The van der Waals surface area contributed by atoms with Gasteiger partial charge in [0.05, 0.1) is 16.8 Å². The van der Waals surface area contributed by atoms with E-state index in [9.17, 15) is 4.79 Å². The number of para-hydroxylation sites is 4. The molecule has 5 aromatic carbocycles. The van der Waals surface area contributed by atoms with E-state index in [0.717, 1.165) is 50.8 Å². The number of fused-ring (bicyclic) bond motifs is 9. The standard InChI is InChI=1S/C34H24N2O2/c1-35-21-22-18-19-23(20-24(22)33(35)37)36-29-14-6-2-10-25(29)34(26-11-3-7-15-30(26)36)27-12-4-8-16-31(27)38-32-17-9-5-13-28(32)34/h2-20H,21H2,1H3. The first-order valence-electron chi connectivity index (χ1n) is 12.9. The fraction of sp³-hybridized carbons (Fsp3) is 0.0882. The van der Waals surface area contributed by atoms with Crippen LogP contribution in [0.3, 0.4) is 0 Å². The summed E-state index contributed by atoms with van der Waals surface area (Å²) in [5.41, 5.74) is 9.10. The van der Waals surface area contributed by atoms with Crippen LogP contribution < -0.4 is 9.64 Å². The van der Waals surface area contributed by atoms with Crippen molar-refractivity contribution in [2.75, 3.05) is 11.9 Å². The van der Waals surface area contributed by atoms with Crippen LogP contribution >= 0.6 is 0 Å². The molecule has 0 saturated carbocycles. The van der Waals surface area contributed by atoms with Gasteiger partial charge in [-0.25, -0.2) is 0 Å². The van der Waals surface area contributed by atoms with Crippen molar-refractivity contribution >= 4 is 23.0 Å². The predicted molar refractivity (Wildman–Crippen MR) is 149 cm³/mol. The maximum Gasteiger partial charge on any atom is 0.254 e. The molecule has 1 spiro atoms. The molecule has 0 N–H and O–H groups in total. The van der Waals surface area contributed by atoms with Gasteiger partial charge in [0.1, 0.15) is 11.5 Å². The molecule has 182 valence electrons. The molecule has 0 unspecified atom stereocenters. The smallest absolute Gasteiger partial charge is 0.254 e. The van der Waals surface area contributed by atoms with E-state index in [-0.39, 0.29) is 5.91 Å². The molecule has 5 aromatic rings. The highest BCUT2D eigenvalue weighted by atomic mass is 16.5. The second-order valence-corrected chi connectivity index (χ2v) is 10.2. The number of benzene rings is 5. The van der Waals surface area contributed by atoms with E-state index in [1.807, 2.05) is 19.2 Å². The van der Waals surface area contributed by atoms with E-state index in [1.165, 1.54) is 11.1 Å². The lowest BCUT2D eigenvalue weighted by Crippen LogP contribution is -2.39. The molecular weight excluding hydrogens is 468 g/mol. The van der Waals surface area contributed by atoms with Crippen molar-refractivity contribution in [3.05, 3.63) is 149 Å². The number of amides is 1. The number of rotatable bonds is 1.